The lowest BCUT2D eigenvalue weighted by Gasteiger charge is -2.20. The second-order valence-electron chi connectivity index (χ2n) is 16.2. The number of hydrogen-bond donors (Lipinski definition) is 0. The number of hydrogen-bond acceptors (Lipinski definition) is 0. The van der Waals surface area contributed by atoms with Crippen LogP contribution in [-0.4, -0.2) is 0 Å². The van der Waals surface area contributed by atoms with E-state index in [4.69, 9.17) is 0 Å². The second kappa shape index (κ2) is 14.3. The molecule has 0 nitrogen and oxygen atoms in total. The SMILES string of the molecule is CC(C)c1cccc(-c2c3ccccc3c(-c3ccc(-c4cccc5ccccc45)c(-c4ccc(-c5cc6ccccc6c6ccccc56)cc4)c3)c3ccccc23)c1. The summed E-state index contributed by atoms with van der Waals surface area (Å²) in [6, 6.07) is 78.9. The summed E-state index contributed by atoms with van der Waals surface area (Å²) < 4.78 is 0. The normalized spacial score (nSPS) is 11.7. The Hall–Kier alpha value is -7.28. The molecule has 59 heavy (non-hydrogen) atoms. The van der Waals surface area contributed by atoms with Crippen LogP contribution < -0.4 is 0 Å². The molecule has 0 aromatic heterocycles. The lowest BCUT2D eigenvalue weighted by Crippen LogP contribution is -1.94. The average molecular weight is 751 g/mol. The highest BCUT2D eigenvalue weighted by Gasteiger charge is 2.20. The van der Waals surface area contributed by atoms with Crippen molar-refractivity contribution >= 4 is 53.9 Å². The maximum atomic E-state index is 2.45. The molecular weight excluding hydrogens is 709 g/mol. The van der Waals surface area contributed by atoms with E-state index in [9.17, 15) is 0 Å². The highest BCUT2D eigenvalue weighted by atomic mass is 14.2. The summed E-state index contributed by atoms with van der Waals surface area (Å²) >= 11 is 0. The molecule has 0 heterocycles. The number of benzene rings is 11. The van der Waals surface area contributed by atoms with Crippen LogP contribution in [-0.2, 0) is 0 Å². The number of fused-ring (bicyclic) bond motifs is 6. The fourth-order valence-electron chi connectivity index (χ4n) is 9.56. The van der Waals surface area contributed by atoms with E-state index in [1.165, 1.54) is 115 Å². The Kier molecular flexibility index (Phi) is 8.45. The van der Waals surface area contributed by atoms with Gasteiger partial charge in [0.1, 0.15) is 0 Å². The maximum Gasteiger partial charge on any atom is -0.00261 e. The zero-order valence-corrected chi connectivity index (χ0v) is 33.3. The fourth-order valence-corrected chi connectivity index (χ4v) is 9.56. The highest BCUT2D eigenvalue weighted by molar-refractivity contribution is 6.22. The molecule has 0 heteroatoms. The van der Waals surface area contributed by atoms with E-state index in [2.05, 4.69) is 226 Å². The van der Waals surface area contributed by atoms with E-state index in [0.29, 0.717) is 5.92 Å². The molecule has 0 amide bonds. The van der Waals surface area contributed by atoms with Gasteiger partial charge >= 0.3 is 0 Å². The van der Waals surface area contributed by atoms with Crippen LogP contribution in [0.3, 0.4) is 0 Å². The van der Waals surface area contributed by atoms with E-state index in [1.807, 2.05) is 0 Å². The predicted octanol–water partition coefficient (Wildman–Crippen LogP) is 16.9. The minimum absolute atomic E-state index is 0.450. The zero-order valence-electron chi connectivity index (χ0n) is 33.3. The molecule has 0 saturated carbocycles. The molecule has 0 aliphatic rings. The standard InChI is InChI=1S/C59H42/c1-38(2)42-18-13-19-44(35-42)58-52-24-9-11-26-54(52)59(55-27-12-10-25-53(55)58)45-33-34-51(49-28-14-17-39-15-3-5-20-46(39)49)57(37-45)41-31-29-40(30-32-41)56-36-43-16-4-6-21-47(43)48-22-7-8-23-50(48)56/h3-38H,1-2H3. The first-order chi connectivity index (χ1) is 29.1. The molecule has 0 unspecified atom stereocenters. The Morgan fingerprint density at radius 1 is 0.254 bits per heavy atom. The molecule has 0 saturated heterocycles. The van der Waals surface area contributed by atoms with E-state index in [0.717, 1.165) is 0 Å². The maximum absolute atomic E-state index is 2.45. The van der Waals surface area contributed by atoms with Crippen LogP contribution in [0.15, 0.2) is 212 Å². The fraction of sp³-hybridized carbons (Fsp3) is 0.0508. The Morgan fingerprint density at radius 2 is 0.729 bits per heavy atom. The Bertz CT molecular complexity index is 3340. The van der Waals surface area contributed by atoms with Gasteiger partial charge in [-0.1, -0.05) is 214 Å². The lowest BCUT2D eigenvalue weighted by molar-refractivity contribution is 0.867. The smallest absolute Gasteiger partial charge is 0.00261 e. The van der Waals surface area contributed by atoms with Crippen LogP contribution in [0.4, 0.5) is 0 Å². The van der Waals surface area contributed by atoms with Gasteiger partial charge < -0.3 is 0 Å². The molecule has 0 fully saturated rings. The van der Waals surface area contributed by atoms with Crippen LogP contribution in [0, 0.1) is 0 Å². The Labute approximate surface area is 345 Å². The van der Waals surface area contributed by atoms with E-state index < -0.39 is 0 Å². The first kappa shape index (κ1) is 34.9. The van der Waals surface area contributed by atoms with Crippen molar-refractivity contribution in [2.45, 2.75) is 19.8 Å². The molecule has 0 aliphatic heterocycles. The van der Waals surface area contributed by atoms with Gasteiger partial charge in [0, 0.05) is 0 Å². The molecule has 0 atom stereocenters. The van der Waals surface area contributed by atoms with Crippen LogP contribution >= 0.6 is 0 Å². The monoisotopic (exact) mass is 750 g/mol. The molecule has 11 aromatic rings. The van der Waals surface area contributed by atoms with Gasteiger partial charge in [-0.15, -0.1) is 0 Å². The van der Waals surface area contributed by atoms with Gasteiger partial charge in [-0.05, 0) is 133 Å². The molecule has 0 aliphatic carbocycles. The van der Waals surface area contributed by atoms with Crippen LogP contribution in [0.5, 0.6) is 0 Å². The van der Waals surface area contributed by atoms with Crippen molar-refractivity contribution in [3.8, 4) is 55.6 Å². The third-order valence-corrected chi connectivity index (χ3v) is 12.4. The summed E-state index contributed by atoms with van der Waals surface area (Å²) in [5, 5.41) is 12.7. The molecule has 278 valence electrons. The van der Waals surface area contributed by atoms with Gasteiger partial charge in [0.25, 0.3) is 0 Å². The predicted molar refractivity (Wildman–Crippen MR) is 255 cm³/mol. The van der Waals surface area contributed by atoms with Crippen LogP contribution in [0.1, 0.15) is 25.3 Å². The van der Waals surface area contributed by atoms with Crippen molar-refractivity contribution in [1.82, 2.24) is 0 Å². The van der Waals surface area contributed by atoms with Crippen molar-refractivity contribution < 1.29 is 0 Å². The van der Waals surface area contributed by atoms with Gasteiger partial charge in [-0.25, -0.2) is 0 Å². The topological polar surface area (TPSA) is 0 Å². The molecule has 0 N–H and O–H groups in total. The first-order valence-electron chi connectivity index (χ1n) is 20.8. The average Bonchev–Trinajstić information content (AvgIpc) is 3.30. The van der Waals surface area contributed by atoms with Gasteiger partial charge in [0.05, 0.1) is 0 Å². The first-order valence-corrected chi connectivity index (χ1v) is 20.8. The summed E-state index contributed by atoms with van der Waals surface area (Å²) in [7, 11) is 0. The van der Waals surface area contributed by atoms with Crippen molar-refractivity contribution in [2.75, 3.05) is 0 Å². The van der Waals surface area contributed by atoms with Crippen molar-refractivity contribution in [1.29, 1.82) is 0 Å². The second-order valence-corrected chi connectivity index (χ2v) is 16.2. The third kappa shape index (κ3) is 5.91. The summed E-state index contributed by atoms with van der Waals surface area (Å²) in [6.45, 7) is 4.55. The van der Waals surface area contributed by atoms with E-state index >= 15 is 0 Å². The molecular formula is C59H42. The summed E-state index contributed by atoms with van der Waals surface area (Å²) in [5.74, 6) is 0.450. The van der Waals surface area contributed by atoms with E-state index in [-0.39, 0.29) is 0 Å². The van der Waals surface area contributed by atoms with Crippen LogP contribution in [0.25, 0.3) is 109 Å². The van der Waals surface area contributed by atoms with Crippen LogP contribution in [0.2, 0.25) is 0 Å². The third-order valence-electron chi connectivity index (χ3n) is 12.4. The van der Waals surface area contributed by atoms with Crippen molar-refractivity contribution in [3.63, 3.8) is 0 Å². The van der Waals surface area contributed by atoms with Crippen molar-refractivity contribution in [2.24, 2.45) is 0 Å². The summed E-state index contributed by atoms with van der Waals surface area (Å²) in [6.07, 6.45) is 0. The summed E-state index contributed by atoms with van der Waals surface area (Å²) in [4.78, 5) is 0. The molecule has 11 rings (SSSR count). The minimum Gasteiger partial charge on any atom is -0.0616 e. The highest BCUT2D eigenvalue weighted by Crippen LogP contribution is 2.47. The molecule has 0 spiro atoms. The number of rotatable bonds is 6. The zero-order chi connectivity index (χ0) is 39.5. The van der Waals surface area contributed by atoms with Crippen molar-refractivity contribution in [3.05, 3.63) is 218 Å². The van der Waals surface area contributed by atoms with Gasteiger partial charge in [0.2, 0.25) is 0 Å². The molecule has 11 aromatic carbocycles. The van der Waals surface area contributed by atoms with Gasteiger partial charge in [-0.3, -0.25) is 0 Å². The lowest BCUT2D eigenvalue weighted by atomic mass is 9.83. The Morgan fingerprint density at radius 3 is 1.37 bits per heavy atom. The van der Waals surface area contributed by atoms with Gasteiger partial charge in [-0.2, -0.15) is 0 Å². The quantitative estimate of drug-likeness (QED) is 0.117. The largest absolute Gasteiger partial charge is 0.0616 e. The van der Waals surface area contributed by atoms with E-state index in [1.54, 1.807) is 0 Å². The van der Waals surface area contributed by atoms with Gasteiger partial charge in [0.15, 0.2) is 0 Å². The molecule has 0 bridgehead atoms. The minimum atomic E-state index is 0.450. The molecule has 0 radical (unpaired) electrons. The Balaban J connectivity index is 1.14. The summed E-state index contributed by atoms with van der Waals surface area (Å²) in [5.41, 5.74) is 13.7.